The first-order chi connectivity index (χ1) is 17.0. The maximum Gasteiger partial charge on any atom is 0.280 e. The van der Waals surface area contributed by atoms with Crippen molar-refractivity contribution >= 4 is 17.4 Å². The van der Waals surface area contributed by atoms with Crippen LogP contribution in [0.3, 0.4) is 0 Å². The van der Waals surface area contributed by atoms with Crippen molar-refractivity contribution in [3.8, 4) is 0 Å². The molecule has 190 valence electrons. The van der Waals surface area contributed by atoms with Crippen molar-refractivity contribution in [2.75, 3.05) is 55.6 Å². The summed E-state index contributed by atoms with van der Waals surface area (Å²) < 4.78 is 28.4. The number of carbonyl (C=O) groups is 1. The van der Waals surface area contributed by atoms with Gasteiger partial charge in [-0.15, -0.1) is 0 Å². The average molecular weight is 486 g/mol. The van der Waals surface area contributed by atoms with Gasteiger partial charge in [0.2, 0.25) is 5.91 Å². The third-order valence-electron chi connectivity index (χ3n) is 9.62. The monoisotopic (exact) mass is 485 g/mol. The molecule has 2 atom stereocenters. The number of fused-ring (bicyclic) bond motifs is 3. The molecular formula is C27H37F2N5O. The van der Waals surface area contributed by atoms with Gasteiger partial charge in [0.05, 0.1) is 0 Å². The zero-order chi connectivity index (χ0) is 24.2. The number of pyridine rings is 1. The van der Waals surface area contributed by atoms with Gasteiger partial charge in [0.25, 0.3) is 6.43 Å². The number of nitrogens with zero attached hydrogens (tertiary/aromatic N) is 5. The van der Waals surface area contributed by atoms with Crippen molar-refractivity contribution in [3.63, 3.8) is 0 Å². The van der Waals surface area contributed by atoms with E-state index < -0.39 is 6.43 Å². The van der Waals surface area contributed by atoms with Crippen molar-refractivity contribution in [2.45, 2.75) is 69.9 Å². The van der Waals surface area contributed by atoms with Crippen LogP contribution in [0.5, 0.6) is 0 Å². The van der Waals surface area contributed by atoms with Gasteiger partial charge in [-0.2, -0.15) is 0 Å². The summed E-state index contributed by atoms with van der Waals surface area (Å²) in [6.07, 6.45) is 7.74. The van der Waals surface area contributed by atoms with Crippen LogP contribution in [0.25, 0.3) is 0 Å². The molecule has 0 radical (unpaired) electrons. The van der Waals surface area contributed by atoms with E-state index in [-0.39, 0.29) is 11.6 Å². The van der Waals surface area contributed by atoms with E-state index in [0.29, 0.717) is 23.9 Å². The molecule has 8 heteroatoms. The molecule has 1 spiro atoms. The van der Waals surface area contributed by atoms with E-state index in [2.05, 4.69) is 32.3 Å². The second-order valence-corrected chi connectivity index (χ2v) is 11.2. The average Bonchev–Trinajstić information content (AvgIpc) is 2.98. The van der Waals surface area contributed by atoms with Gasteiger partial charge in [-0.1, -0.05) is 13.0 Å². The van der Waals surface area contributed by atoms with Crippen LogP contribution in [0, 0.1) is 5.41 Å². The minimum Gasteiger partial charge on any atom is -0.365 e. The highest BCUT2D eigenvalue weighted by atomic mass is 19.3. The van der Waals surface area contributed by atoms with Gasteiger partial charge in [0.1, 0.15) is 11.5 Å². The van der Waals surface area contributed by atoms with Gasteiger partial charge in [0.15, 0.2) is 0 Å². The topological polar surface area (TPSA) is 42.9 Å². The Morgan fingerprint density at radius 2 is 1.80 bits per heavy atom. The van der Waals surface area contributed by atoms with E-state index in [4.69, 9.17) is 0 Å². The van der Waals surface area contributed by atoms with E-state index in [1.807, 2.05) is 4.90 Å². The summed E-state index contributed by atoms with van der Waals surface area (Å²) in [6.45, 7) is 9.49. The summed E-state index contributed by atoms with van der Waals surface area (Å²) in [5, 5.41) is 0. The molecular weight excluding hydrogens is 448 g/mol. The number of piperidine rings is 1. The van der Waals surface area contributed by atoms with Gasteiger partial charge in [-0.05, 0) is 56.4 Å². The molecule has 1 aliphatic carbocycles. The van der Waals surface area contributed by atoms with Crippen LogP contribution in [-0.2, 0) is 11.2 Å². The molecule has 6 rings (SSSR count). The largest absolute Gasteiger partial charge is 0.365 e. The molecule has 5 heterocycles. The first-order valence-corrected chi connectivity index (χ1v) is 13.5. The summed E-state index contributed by atoms with van der Waals surface area (Å²) in [5.41, 5.74) is 2.28. The highest BCUT2D eigenvalue weighted by Gasteiger charge is 2.46. The van der Waals surface area contributed by atoms with Gasteiger partial charge < -0.3 is 14.7 Å². The van der Waals surface area contributed by atoms with Crippen LogP contribution in [0.2, 0.25) is 0 Å². The quantitative estimate of drug-likeness (QED) is 0.603. The zero-order valence-corrected chi connectivity index (χ0v) is 20.6. The van der Waals surface area contributed by atoms with E-state index >= 15 is 0 Å². The van der Waals surface area contributed by atoms with Gasteiger partial charge >= 0.3 is 0 Å². The van der Waals surface area contributed by atoms with Gasteiger partial charge in [-0.3, -0.25) is 9.69 Å². The number of anilines is 2. The van der Waals surface area contributed by atoms with Crippen molar-refractivity contribution in [3.05, 3.63) is 30.0 Å². The fourth-order valence-electron chi connectivity index (χ4n) is 7.21. The van der Waals surface area contributed by atoms with Crippen LogP contribution in [0.1, 0.15) is 62.6 Å². The number of hydrogen-bond donors (Lipinski definition) is 0. The van der Waals surface area contributed by atoms with Gasteiger partial charge in [0, 0.05) is 75.2 Å². The van der Waals surface area contributed by atoms with Crippen molar-refractivity contribution in [2.24, 2.45) is 5.41 Å². The van der Waals surface area contributed by atoms with Crippen LogP contribution >= 0.6 is 0 Å². The summed E-state index contributed by atoms with van der Waals surface area (Å²) in [5.74, 6) is 0.748. The Bertz CT molecular complexity index is 978. The van der Waals surface area contributed by atoms with Crippen LogP contribution in [0.15, 0.2) is 18.7 Å². The lowest BCUT2D eigenvalue weighted by molar-refractivity contribution is -0.128. The van der Waals surface area contributed by atoms with Crippen LogP contribution < -0.4 is 9.80 Å². The Labute approximate surface area is 206 Å². The molecule has 2 unspecified atom stereocenters. The van der Waals surface area contributed by atoms with E-state index in [1.165, 1.54) is 25.3 Å². The Morgan fingerprint density at radius 3 is 2.43 bits per heavy atom. The predicted octanol–water partition coefficient (Wildman–Crippen LogP) is 4.01. The molecule has 35 heavy (non-hydrogen) atoms. The second-order valence-electron chi connectivity index (χ2n) is 11.2. The molecule has 3 saturated heterocycles. The summed E-state index contributed by atoms with van der Waals surface area (Å²) >= 11 is 0. The van der Waals surface area contributed by atoms with Crippen LogP contribution in [-0.4, -0.2) is 78.6 Å². The first-order valence-electron chi connectivity index (χ1n) is 13.5. The Hall–Kier alpha value is -2.22. The van der Waals surface area contributed by atoms with E-state index in [0.717, 1.165) is 88.6 Å². The number of alkyl halides is 2. The Morgan fingerprint density at radius 1 is 1.06 bits per heavy atom. The third-order valence-corrected chi connectivity index (χ3v) is 9.62. The molecule has 1 amide bonds. The lowest BCUT2D eigenvalue weighted by Gasteiger charge is -2.55. The molecule has 0 N–H and O–H groups in total. The predicted molar refractivity (Wildman–Crippen MR) is 133 cm³/mol. The van der Waals surface area contributed by atoms with Crippen LogP contribution in [0.4, 0.5) is 20.3 Å². The number of hydrogen-bond acceptors (Lipinski definition) is 5. The maximum atomic E-state index is 14.2. The Kier molecular flexibility index (Phi) is 5.98. The fourth-order valence-corrected chi connectivity index (χ4v) is 7.21. The van der Waals surface area contributed by atoms with Crippen molar-refractivity contribution in [1.82, 2.24) is 14.8 Å². The molecule has 4 aliphatic heterocycles. The van der Waals surface area contributed by atoms with E-state index in [9.17, 15) is 13.6 Å². The lowest BCUT2D eigenvalue weighted by Crippen LogP contribution is -2.69. The molecule has 0 aromatic carbocycles. The number of halogens is 2. The third kappa shape index (κ3) is 4.02. The Balaban J connectivity index is 1.21. The van der Waals surface area contributed by atoms with Crippen molar-refractivity contribution in [1.29, 1.82) is 0 Å². The number of aromatic nitrogens is 1. The molecule has 1 saturated carbocycles. The lowest BCUT2D eigenvalue weighted by atomic mass is 9.63. The molecule has 1 aromatic rings. The number of piperazine rings is 1. The second kappa shape index (κ2) is 9.02. The van der Waals surface area contributed by atoms with E-state index in [1.54, 1.807) is 0 Å². The number of rotatable bonds is 4. The minimum absolute atomic E-state index is 0.00193. The standard InChI is InChI=1S/C27H37F2N5O/c1-2-24(35)33-15-13-31(14-16-33)22-18-34-20(22)6-3-5-19-21(34)17-23(30-25(19)26(28)29)32-11-9-27(10-12-32)7-4-8-27/h2,17,20,22,26H,1,3-16,18H2. The summed E-state index contributed by atoms with van der Waals surface area (Å²) in [4.78, 5) is 25.5. The molecule has 0 bridgehead atoms. The fraction of sp³-hybridized carbons (Fsp3) is 0.704. The SMILES string of the molecule is C=CC(=O)N1CCN(C2CN3c4cc(N5CCC6(CCC6)CC5)nc(C(F)F)c4CCCC23)CC1. The smallest absolute Gasteiger partial charge is 0.280 e. The number of carbonyl (C=O) groups excluding carboxylic acids is 1. The minimum atomic E-state index is -2.55. The summed E-state index contributed by atoms with van der Waals surface area (Å²) in [6, 6.07) is 2.88. The highest BCUT2D eigenvalue weighted by Crippen LogP contribution is 2.50. The zero-order valence-electron chi connectivity index (χ0n) is 20.6. The molecule has 1 aromatic heterocycles. The number of amides is 1. The normalized spacial score (nSPS) is 28.1. The summed E-state index contributed by atoms with van der Waals surface area (Å²) in [7, 11) is 0. The molecule has 5 aliphatic rings. The highest BCUT2D eigenvalue weighted by molar-refractivity contribution is 5.87. The first kappa shape index (κ1) is 23.2. The molecule has 4 fully saturated rings. The van der Waals surface area contributed by atoms with Gasteiger partial charge in [-0.25, -0.2) is 13.8 Å². The molecule has 6 nitrogen and oxygen atoms in total. The van der Waals surface area contributed by atoms with Crippen molar-refractivity contribution < 1.29 is 13.6 Å². The maximum absolute atomic E-state index is 14.2.